The first-order chi connectivity index (χ1) is 10.3. The van der Waals surface area contributed by atoms with Crippen LogP contribution in [0.25, 0.3) is 22.1 Å². The molecule has 1 aromatic carbocycles. The van der Waals surface area contributed by atoms with Crippen molar-refractivity contribution in [2.45, 2.75) is 10.8 Å². The summed E-state index contributed by atoms with van der Waals surface area (Å²) in [4.78, 5) is 13.0. The summed E-state index contributed by atoms with van der Waals surface area (Å²) in [5.74, 6) is 1.31. The molecule has 0 saturated carbocycles. The quantitative estimate of drug-likeness (QED) is 0.428. The third-order valence-electron chi connectivity index (χ3n) is 3.16. The van der Waals surface area contributed by atoms with E-state index < -0.39 is 0 Å². The van der Waals surface area contributed by atoms with Gasteiger partial charge in [-0.1, -0.05) is 23.9 Å². The monoisotopic (exact) mass is 297 g/mol. The predicted octanol–water partition coefficient (Wildman–Crippen LogP) is 2.80. The second kappa shape index (κ2) is 4.85. The summed E-state index contributed by atoms with van der Waals surface area (Å²) in [5.41, 5.74) is 2.51. The van der Waals surface area contributed by atoms with Crippen molar-refractivity contribution in [2.75, 3.05) is 0 Å². The fourth-order valence-electron chi connectivity index (χ4n) is 2.17. The van der Waals surface area contributed by atoms with Crippen molar-refractivity contribution in [3.05, 3.63) is 42.7 Å². The van der Waals surface area contributed by atoms with Crippen LogP contribution < -0.4 is 0 Å². The number of oxazole rings is 1. The van der Waals surface area contributed by atoms with Gasteiger partial charge < -0.3 is 4.42 Å². The first-order valence-electron chi connectivity index (χ1n) is 6.41. The Kier molecular flexibility index (Phi) is 2.85. The summed E-state index contributed by atoms with van der Waals surface area (Å²) in [6.45, 7) is 0. The van der Waals surface area contributed by atoms with Gasteiger partial charge in [0.2, 0.25) is 5.89 Å². The van der Waals surface area contributed by atoms with Crippen LogP contribution in [-0.2, 0) is 12.8 Å². The van der Waals surface area contributed by atoms with E-state index in [0.29, 0.717) is 11.6 Å². The molecule has 0 unspecified atom stereocenters. The van der Waals surface area contributed by atoms with Crippen LogP contribution >= 0.6 is 11.8 Å². The highest BCUT2D eigenvalue weighted by Crippen LogP contribution is 2.27. The van der Waals surface area contributed by atoms with E-state index in [-0.39, 0.29) is 0 Å². The normalized spacial score (nSPS) is 11.5. The van der Waals surface area contributed by atoms with Crippen LogP contribution in [-0.4, -0.2) is 24.7 Å². The number of benzene rings is 1. The van der Waals surface area contributed by atoms with E-state index in [1.54, 1.807) is 29.0 Å². The molecule has 21 heavy (non-hydrogen) atoms. The molecule has 6 nitrogen and oxygen atoms in total. The Labute approximate surface area is 124 Å². The number of hydrogen-bond donors (Lipinski definition) is 0. The van der Waals surface area contributed by atoms with Gasteiger partial charge in [0.1, 0.15) is 16.9 Å². The van der Waals surface area contributed by atoms with Crippen LogP contribution in [0.1, 0.15) is 5.89 Å². The molecule has 4 aromatic rings. The summed E-state index contributed by atoms with van der Waals surface area (Å²) >= 11 is 1.57. The lowest BCUT2D eigenvalue weighted by molar-refractivity contribution is 0.556. The van der Waals surface area contributed by atoms with Crippen molar-refractivity contribution in [1.82, 2.24) is 24.7 Å². The Bertz CT molecular complexity index is 896. The molecule has 4 rings (SSSR count). The van der Waals surface area contributed by atoms with E-state index in [2.05, 4.69) is 20.1 Å². The standard InChI is InChI=1S/C14H11N5OS/c1-19-13-9(6-17-19)14(16-8-15-13)21-7-12-18-10-4-2-3-5-11(10)20-12/h2-6,8H,7H2,1H3. The van der Waals surface area contributed by atoms with Gasteiger partial charge in [-0.15, -0.1) is 0 Å². The lowest BCUT2D eigenvalue weighted by atomic mass is 10.3. The SMILES string of the molecule is Cn1ncc2c(SCc3nc4ccccc4o3)ncnc21. The topological polar surface area (TPSA) is 69.6 Å². The summed E-state index contributed by atoms with van der Waals surface area (Å²) in [7, 11) is 1.87. The van der Waals surface area contributed by atoms with Gasteiger partial charge in [0.05, 0.1) is 17.3 Å². The summed E-state index contributed by atoms with van der Waals surface area (Å²) in [6, 6.07) is 7.75. The van der Waals surface area contributed by atoms with E-state index in [0.717, 1.165) is 27.2 Å². The zero-order valence-corrected chi connectivity index (χ0v) is 12.0. The Hall–Kier alpha value is -2.41. The zero-order chi connectivity index (χ0) is 14.2. The number of rotatable bonds is 3. The van der Waals surface area contributed by atoms with Gasteiger partial charge in [0.25, 0.3) is 0 Å². The highest BCUT2D eigenvalue weighted by atomic mass is 32.2. The minimum absolute atomic E-state index is 0.621. The van der Waals surface area contributed by atoms with Gasteiger partial charge in [-0.2, -0.15) is 5.10 Å². The molecule has 0 aliphatic carbocycles. The Morgan fingerprint density at radius 3 is 3.05 bits per heavy atom. The molecule has 0 fully saturated rings. The molecule has 3 aromatic heterocycles. The molecule has 0 aliphatic rings. The van der Waals surface area contributed by atoms with Gasteiger partial charge in [-0.25, -0.2) is 15.0 Å². The Morgan fingerprint density at radius 1 is 1.24 bits per heavy atom. The average Bonchev–Trinajstić information content (AvgIpc) is 3.09. The van der Waals surface area contributed by atoms with E-state index in [1.165, 1.54) is 0 Å². The van der Waals surface area contributed by atoms with Gasteiger partial charge >= 0.3 is 0 Å². The molecule has 0 spiro atoms. The largest absolute Gasteiger partial charge is 0.440 e. The fourth-order valence-corrected chi connectivity index (χ4v) is 2.97. The molecule has 0 saturated heterocycles. The number of hydrogen-bond acceptors (Lipinski definition) is 6. The number of thioether (sulfide) groups is 1. The molecular weight excluding hydrogens is 286 g/mol. The van der Waals surface area contributed by atoms with Crippen LogP contribution in [0, 0.1) is 0 Å². The molecule has 3 heterocycles. The van der Waals surface area contributed by atoms with Gasteiger partial charge in [0, 0.05) is 7.05 Å². The maximum atomic E-state index is 5.71. The molecule has 0 bridgehead atoms. The first kappa shape index (κ1) is 12.3. The van der Waals surface area contributed by atoms with Crippen LogP contribution in [0.5, 0.6) is 0 Å². The summed E-state index contributed by atoms with van der Waals surface area (Å²) in [6.07, 6.45) is 3.34. The number of fused-ring (bicyclic) bond motifs is 2. The minimum atomic E-state index is 0.621. The van der Waals surface area contributed by atoms with E-state index in [9.17, 15) is 0 Å². The number of aryl methyl sites for hydroxylation is 1. The third-order valence-corrected chi connectivity index (χ3v) is 4.15. The van der Waals surface area contributed by atoms with Gasteiger partial charge in [0.15, 0.2) is 11.2 Å². The minimum Gasteiger partial charge on any atom is -0.440 e. The lowest BCUT2D eigenvalue weighted by Gasteiger charge is -1.99. The van der Waals surface area contributed by atoms with Crippen molar-refractivity contribution >= 4 is 33.9 Å². The molecule has 7 heteroatoms. The average molecular weight is 297 g/mol. The maximum absolute atomic E-state index is 5.71. The first-order valence-corrected chi connectivity index (χ1v) is 7.40. The van der Waals surface area contributed by atoms with Crippen molar-refractivity contribution in [2.24, 2.45) is 7.05 Å². The number of nitrogens with zero attached hydrogens (tertiary/aromatic N) is 5. The number of aromatic nitrogens is 5. The van der Waals surface area contributed by atoms with Gasteiger partial charge in [-0.05, 0) is 12.1 Å². The molecular formula is C14H11N5OS. The maximum Gasteiger partial charge on any atom is 0.205 e. The Balaban J connectivity index is 1.63. The molecule has 0 atom stereocenters. The summed E-state index contributed by atoms with van der Waals surface area (Å²) in [5, 5.41) is 6.04. The zero-order valence-electron chi connectivity index (χ0n) is 11.2. The van der Waals surface area contributed by atoms with Gasteiger partial charge in [-0.3, -0.25) is 4.68 Å². The van der Waals surface area contributed by atoms with Crippen molar-refractivity contribution in [1.29, 1.82) is 0 Å². The van der Waals surface area contributed by atoms with E-state index in [4.69, 9.17) is 4.42 Å². The van der Waals surface area contributed by atoms with Crippen molar-refractivity contribution < 1.29 is 4.42 Å². The van der Waals surface area contributed by atoms with E-state index in [1.807, 2.05) is 31.3 Å². The highest BCUT2D eigenvalue weighted by molar-refractivity contribution is 7.98. The molecule has 0 aliphatic heterocycles. The Morgan fingerprint density at radius 2 is 2.14 bits per heavy atom. The second-order valence-corrected chi connectivity index (χ2v) is 5.51. The van der Waals surface area contributed by atoms with Crippen LogP contribution in [0.3, 0.4) is 0 Å². The van der Waals surface area contributed by atoms with Crippen LogP contribution in [0.15, 0.2) is 46.2 Å². The van der Waals surface area contributed by atoms with E-state index >= 15 is 0 Å². The molecule has 0 N–H and O–H groups in total. The smallest absolute Gasteiger partial charge is 0.205 e. The predicted molar refractivity (Wildman–Crippen MR) is 79.9 cm³/mol. The fraction of sp³-hybridized carbons (Fsp3) is 0.143. The van der Waals surface area contributed by atoms with Crippen molar-refractivity contribution in [3.63, 3.8) is 0 Å². The molecule has 0 amide bonds. The third kappa shape index (κ3) is 2.15. The number of para-hydroxylation sites is 2. The lowest BCUT2D eigenvalue weighted by Crippen LogP contribution is -1.93. The van der Waals surface area contributed by atoms with Crippen molar-refractivity contribution in [3.8, 4) is 0 Å². The highest BCUT2D eigenvalue weighted by Gasteiger charge is 2.11. The van der Waals surface area contributed by atoms with Crippen LogP contribution in [0.2, 0.25) is 0 Å². The molecule has 0 radical (unpaired) electrons. The second-order valence-electron chi connectivity index (χ2n) is 4.55. The molecule has 104 valence electrons. The summed E-state index contributed by atoms with van der Waals surface area (Å²) < 4.78 is 7.45. The van der Waals surface area contributed by atoms with Crippen LogP contribution in [0.4, 0.5) is 0 Å².